The molecule has 5 nitrogen and oxygen atoms in total. The van der Waals surface area contributed by atoms with Crippen LogP contribution in [0.5, 0.6) is 0 Å². The molecule has 0 aliphatic rings. The quantitative estimate of drug-likeness (QED) is 0.668. The number of nitrogens with one attached hydrogen (secondary N) is 2. The third-order valence-corrected chi connectivity index (χ3v) is 2.26. The van der Waals surface area contributed by atoms with E-state index in [-0.39, 0.29) is 37.1 Å². The molecule has 0 heterocycles. The Labute approximate surface area is 110 Å². The van der Waals surface area contributed by atoms with E-state index in [1.54, 1.807) is 11.9 Å². The van der Waals surface area contributed by atoms with Crippen LogP contribution in [0.4, 0.5) is 0 Å². The fourth-order valence-corrected chi connectivity index (χ4v) is 1.17. The van der Waals surface area contributed by atoms with E-state index in [0.29, 0.717) is 13.1 Å². The van der Waals surface area contributed by atoms with Crippen molar-refractivity contribution in [2.24, 2.45) is 0 Å². The molecular formula is C11H24ClN3O2. The van der Waals surface area contributed by atoms with Crippen LogP contribution in [-0.2, 0) is 9.59 Å². The van der Waals surface area contributed by atoms with Gasteiger partial charge in [0.2, 0.25) is 11.8 Å². The Balaban J connectivity index is 0. The lowest BCUT2D eigenvalue weighted by Gasteiger charge is -2.16. The Kier molecular flexibility index (Phi) is 12.7. The third kappa shape index (κ3) is 10.1. The van der Waals surface area contributed by atoms with Gasteiger partial charge >= 0.3 is 0 Å². The summed E-state index contributed by atoms with van der Waals surface area (Å²) in [6, 6.07) is 0. The summed E-state index contributed by atoms with van der Waals surface area (Å²) in [5.74, 6) is -0.0286. The molecule has 0 aromatic rings. The number of rotatable bonds is 8. The number of nitrogens with zero attached hydrogens (tertiary/aromatic N) is 1. The molecule has 0 aromatic carbocycles. The first-order chi connectivity index (χ1) is 7.61. The Bertz CT molecular complexity index is 225. The molecule has 102 valence electrons. The molecule has 17 heavy (non-hydrogen) atoms. The summed E-state index contributed by atoms with van der Waals surface area (Å²) < 4.78 is 0. The van der Waals surface area contributed by atoms with Gasteiger partial charge in [0, 0.05) is 39.5 Å². The molecule has 0 radical (unpaired) electrons. The van der Waals surface area contributed by atoms with E-state index in [2.05, 4.69) is 10.6 Å². The zero-order chi connectivity index (χ0) is 12.4. The van der Waals surface area contributed by atoms with Crippen LogP contribution in [0, 0.1) is 0 Å². The van der Waals surface area contributed by atoms with Crippen molar-refractivity contribution in [2.45, 2.75) is 26.2 Å². The SMILES string of the molecule is CCCNC(=O)CCC(=O)N(C)CCNC.Cl. The van der Waals surface area contributed by atoms with E-state index in [1.807, 2.05) is 14.0 Å². The van der Waals surface area contributed by atoms with Crippen molar-refractivity contribution in [3.63, 3.8) is 0 Å². The van der Waals surface area contributed by atoms with Gasteiger partial charge in [-0.3, -0.25) is 9.59 Å². The number of carbonyl (C=O) groups excluding carboxylic acids is 2. The lowest BCUT2D eigenvalue weighted by atomic mass is 10.2. The highest BCUT2D eigenvalue weighted by Gasteiger charge is 2.10. The maximum Gasteiger partial charge on any atom is 0.222 e. The number of hydrogen-bond acceptors (Lipinski definition) is 3. The number of halogens is 1. The monoisotopic (exact) mass is 265 g/mol. The average Bonchev–Trinajstić information content (AvgIpc) is 2.30. The molecule has 0 unspecified atom stereocenters. The number of carbonyl (C=O) groups is 2. The molecule has 0 aromatic heterocycles. The summed E-state index contributed by atoms with van der Waals surface area (Å²) in [7, 11) is 3.60. The van der Waals surface area contributed by atoms with Crippen molar-refractivity contribution in [1.82, 2.24) is 15.5 Å². The van der Waals surface area contributed by atoms with Crippen molar-refractivity contribution in [3.05, 3.63) is 0 Å². The summed E-state index contributed by atoms with van der Waals surface area (Å²) in [6.07, 6.45) is 1.49. The summed E-state index contributed by atoms with van der Waals surface area (Å²) in [5.41, 5.74) is 0. The second-order valence-corrected chi connectivity index (χ2v) is 3.77. The van der Waals surface area contributed by atoms with E-state index in [0.717, 1.165) is 13.0 Å². The van der Waals surface area contributed by atoms with E-state index < -0.39 is 0 Å². The summed E-state index contributed by atoms with van der Waals surface area (Å²) in [6.45, 7) is 4.12. The van der Waals surface area contributed by atoms with E-state index in [1.165, 1.54) is 0 Å². The van der Waals surface area contributed by atoms with Gasteiger partial charge in [-0.1, -0.05) is 6.92 Å². The largest absolute Gasteiger partial charge is 0.356 e. The van der Waals surface area contributed by atoms with Gasteiger partial charge in [0.25, 0.3) is 0 Å². The fourth-order valence-electron chi connectivity index (χ4n) is 1.17. The van der Waals surface area contributed by atoms with Gasteiger partial charge in [-0.2, -0.15) is 0 Å². The van der Waals surface area contributed by atoms with Gasteiger partial charge in [-0.15, -0.1) is 12.4 Å². The van der Waals surface area contributed by atoms with Crippen LogP contribution in [0.3, 0.4) is 0 Å². The maximum atomic E-state index is 11.5. The molecule has 0 rings (SSSR count). The lowest BCUT2D eigenvalue weighted by molar-refractivity contribution is -0.132. The molecule has 2 amide bonds. The van der Waals surface area contributed by atoms with Crippen LogP contribution in [0.1, 0.15) is 26.2 Å². The minimum atomic E-state index is -0.0442. The predicted molar refractivity (Wildman–Crippen MR) is 71.3 cm³/mol. The van der Waals surface area contributed by atoms with Gasteiger partial charge in [-0.25, -0.2) is 0 Å². The highest BCUT2D eigenvalue weighted by molar-refractivity contribution is 5.85. The van der Waals surface area contributed by atoms with Gasteiger partial charge in [0.05, 0.1) is 0 Å². The smallest absolute Gasteiger partial charge is 0.222 e. The minimum Gasteiger partial charge on any atom is -0.356 e. The topological polar surface area (TPSA) is 61.4 Å². The van der Waals surface area contributed by atoms with Crippen molar-refractivity contribution in [2.75, 3.05) is 33.7 Å². The zero-order valence-corrected chi connectivity index (χ0v) is 11.7. The van der Waals surface area contributed by atoms with Crippen LogP contribution in [-0.4, -0.2) is 50.4 Å². The molecule has 0 saturated heterocycles. The standard InChI is InChI=1S/C11H23N3O2.ClH/c1-4-7-13-10(15)5-6-11(16)14(3)9-8-12-2;/h12H,4-9H2,1-3H3,(H,13,15);1H. The first-order valence-corrected chi connectivity index (χ1v) is 5.77. The van der Waals surface area contributed by atoms with Crippen molar-refractivity contribution in [1.29, 1.82) is 0 Å². The van der Waals surface area contributed by atoms with E-state index >= 15 is 0 Å². The molecule has 0 spiro atoms. The van der Waals surface area contributed by atoms with Crippen molar-refractivity contribution < 1.29 is 9.59 Å². The van der Waals surface area contributed by atoms with E-state index in [4.69, 9.17) is 0 Å². The highest BCUT2D eigenvalue weighted by atomic mass is 35.5. The van der Waals surface area contributed by atoms with Crippen LogP contribution in [0.2, 0.25) is 0 Å². The summed E-state index contributed by atoms with van der Waals surface area (Å²) >= 11 is 0. The van der Waals surface area contributed by atoms with Crippen LogP contribution in [0.15, 0.2) is 0 Å². The van der Waals surface area contributed by atoms with Gasteiger partial charge in [-0.05, 0) is 13.5 Å². The first kappa shape index (κ1) is 18.6. The number of likely N-dealkylation sites (N-methyl/N-ethyl adjacent to an activating group) is 2. The lowest BCUT2D eigenvalue weighted by Crippen LogP contribution is -2.33. The van der Waals surface area contributed by atoms with Crippen molar-refractivity contribution >= 4 is 24.2 Å². The van der Waals surface area contributed by atoms with Crippen LogP contribution in [0.25, 0.3) is 0 Å². The Morgan fingerprint density at radius 1 is 1.18 bits per heavy atom. The molecule has 0 bridgehead atoms. The van der Waals surface area contributed by atoms with Crippen molar-refractivity contribution in [3.8, 4) is 0 Å². The normalized spacial score (nSPS) is 9.35. The fraction of sp³-hybridized carbons (Fsp3) is 0.818. The molecule has 0 saturated carbocycles. The Hall–Kier alpha value is -0.810. The molecule has 0 fully saturated rings. The average molecular weight is 266 g/mol. The predicted octanol–water partition coefficient (Wildman–Crippen LogP) is 0.392. The van der Waals surface area contributed by atoms with Crippen LogP contribution < -0.4 is 10.6 Å². The number of hydrogen-bond donors (Lipinski definition) is 2. The second-order valence-electron chi connectivity index (χ2n) is 3.77. The summed E-state index contributed by atoms with van der Waals surface area (Å²) in [5, 5.41) is 5.72. The molecular weight excluding hydrogens is 242 g/mol. The first-order valence-electron chi connectivity index (χ1n) is 5.77. The molecule has 0 atom stereocenters. The number of amides is 2. The second kappa shape index (κ2) is 11.7. The minimum absolute atomic E-state index is 0. The Morgan fingerprint density at radius 2 is 1.82 bits per heavy atom. The van der Waals surface area contributed by atoms with Crippen LogP contribution >= 0.6 is 12.4 Å². The molecule has 0 aliphatic heterocycles. The van der Waals surface area contributed by atoms with E-state index in [9.17, 15) is 9.59 Å². The molecule has 0 aliphatic carbocycles. The van der Waals surface area contributed by atoms with Gasteiger partial charge in [0.15, 0.2) is 0 Å². The molecule has 2 N–H and O–H groups in total. The zero-order valence-electron chi connectivity index (χ0n) is 10.9. The van der Waals surface area contributed by atoms with Gasteiger partial charge in [0.1, 0.15) is 0 Å². The Morgan fingerprint density at radius 3 is 2.35 bits per heavy atom. The third-order valence-electron chi connectivity index (χ3n) is 2.26. The van der Waals surface area contributed by atoms with Gasteiger partial charge < -0.3 is 15.5 Å². The highest BCUT2D eigenvalue weighted by Crippen LogP contribution is 1.95. The molecule has 6 heteroatoms. The maximum absolute atomic E-state index is 11.5. The summed E-state index contributed by atoms with van der Waals surface area (Å²) in [4.78, 5) is 24.4.